The molecular formula is C15H22N2O4. The van der Waals surface area contributed by atoms with Crippen molar-refractivity contribution >= 4 is 5.91 Å². The van der Waals surface area contributed by atoms with Crippen molar-refractivity contribution in [2.75, 3.05) is 40.1 Å². The minimum absolute atomic E-state index is 0.0413. The van der Waals surface area contributed by atoms with Crippen LogP contribution in [0.2, 0.25) is 0 Å². The maximum atomic E-state index is 12.0. The summed E-state index contributed by atoms with van der Waals surface area (Å²) >= 11 is 0. The van der Waals surface area contributed by atoms with E-state index in [0.29, 0.717) is 39.5 Å². The van der Waals surface area contributed by atoms with Gasteiger partial charge in [0.05, 0.1) is 19.8 Å². The Morgan fingerprint density at radius 1 is 1.48 bits per heavy atom. The Balaban J connectivity index is 1.79. The van der Waals surface area contributed by atoms with E-state index in [2.05, 4.69) is 10.6 Å². The van der Waals surface area contributed by atoms with Crippen molar-refractivity contribution in [3.8, 4) is 5.75 Å². The lowest BCUT2D eigenvalue weighted by Crippen LogP contribution is -2.51. The highest BCUT2D eigenvalue weighted by Crippen LogP contribution is 2.13. The molecule has 1 unspecified atom stereocenters. The van der Waals surface area contributed by atoms with Gasteiger partial charge in [0.15, 0.2) is 0 Å². The van der Waals surface area contributed by atoms with Crippen LogP contribution in [0.5, 0.6) is 5.75 Å². The first kappa shape index (κ1) is 15.8. The van der Waals surface area contributed by atoms with E-state index in [-0.39, 0.29) is 11.9 Å². The van der Waals surface area contributed by atoms with Gasteiger partial charge in [-0.15, -0.1) is 0 Å². The monoisotopic (exact) mass is 294 g/mol. The molecule has 116 valence electrons. The maximum absolute atomic E-state index is 12.0. The van der Waals surface area contributed by atoms with Crippen LogP contribution >= 0.6 is 0 Å². The average molecular weight is 294 g/mol. The molecule has 1 fully saturated rings. The summed E-state index contributed by atoms with van der Waals surface area (Å²) in [5.74, 6) is 0.735. The molecule has 0 bridgehead atoms. The fourth-order valence-corrected chi connectivity index (χ4v) is 2.03. The fraction of sp³-hybridized carbons (Fsp3) is 0.533. The van der Waals surface area contributed by atoms with Crippen LogP contribution in [0.1, 0.15) is 5.56 Å². The molecular weight excluding hydrogens is 272 g/mol. The molecule has 1 aromatic carbocycles. The van der Waals surface area contributed by atoms with Gasteiger partial charge in [0.1, 0.15) is 18.4 Å². The molecule has 1 saturated heterocycles. The minimum atomic E-state index is -0.264. The first-order valence-corrected chi connectivity index (χ1v) is 7.09. The molecule has 1 aliphatic heterocycles. The molecule has 2 N–H and O–H groups in total. The summed E-state index contributed by atoms with van der Waals surface area (Å²) < 4.78 is 15.8. The second-order valence-electron chi connectivity index (χ2n) is 4.79. The predicted molar refractivity (Wildman–Crippen MR) is 78.3 cm³/mol. The van der Waals surface area contributed by atoms with Crippen LogP contribution in [0.15, 0.2) is 24.3 Å². The highest BCUT2D eigenvalue weighted by molar-refractivity contribution is 5.81. The second-order valence-corrected chi connectivity index (χ2v) is 4.79. The number of rotatable bonds is 7. The van der Waals surface area contributed by atoms with E-state index in [1.165, 1.54) is 0 Å². The number of ether oxygens (including phenoxy) is 3. The molecule has 6 nitrogen and oxygen atoms in total. The largest absolute Gasteiger partial charge is 0.491 e. The normalized spacial score (nSPS) is 18.2. The van der Waals surface area contributed by atoms with E-state index in [1.807, 2.05) is 24.3 Å². The van der Waals surface area contributed by atoms with E-state index in [9.17, 15) is 4.79 Å². The van der Waals surface area contributed by atoms with Gasteiger partial charge in [-0.2, -0.15) is 0 Å². The quantitative estimate of drug-likeness (QED) is 0.709. The van der Waals surface area contributed by atoms with Crippen molar-refractivity contribution in [1.82, 2.24) is 10.6 Å². The standard InChI is InChI=1S/C15H22N2O4/c1-19-7-8-21-13-4-2-3-12(9-13)10-17-15(18)14-11-20-6-5-16-14/h2-4,9,14,16H,5-8,10-11H2,1H3,(H,17,18). The summed E-state index contributed by atoms with van der Waals surface area (Å²) in [4.78, 5) is 12.0. The van der Waals surface area contributed by atoms with Crippen LogP contribution in [0, 0.1) is 0 Å². The Kier molecular flexibility index (Phi) is 6.46. The summed E-state index contributed by atoms with van der Waals surface area (Å²) in [6, 6.07) is 7.40. The van der Waals surface area contributed by atoms with Gasteiger partial charge in [-0.3, -0.25) is 4.79 Å². The molecule has 2 rings (SSSR count). The predicted octanol–water partition coefficient (Wildman–Crippen LogP) is 0.316. The van der Waals surface area contributed by atoms with Crippen molar-refractivity contribution in [2.24, 2.45) is 0 Å². The summed E-state index contributed by atoms with van der Waals surface area (Å²) in [5, 5.41) is 6.03. The highest BCUT2D eigenvalue weighted by Gasteiger charge is 2.20. The van der Waals surface area contributed by atoms with Gasteiger partial charge in [0, 0.05) is 20.2 Å². The number of methoxy groups -OCH3 is 1. The average Bonchev–Trinajstić information content (AvgIpc) is 2.54. The molecule has 0 spiro atoms. The van der Waals surface area contributed by atoms with Gasteiger partial charge in [-0.25, -0.2) is 0 Å². The Hall–Kier alpha value is -1.63. The number of benzene rings is 1. The molecule has 1 heterocycles. The number of morpholine rings is 1. The topological polar surface area (TPSA) is 68.8 Å². The number of amides is 1. The summed E-state index contributed by atoms with van der Waals surface area (Å²) in [7, 11) is 1.64. The highest BCUT2D eigenvalue weighted by atomic mass is 16.5. The van der Waals surface area contributed by atoms with Gasteiger partial charge in [0.25, 0.3) is 0 Å². The van der Waals surface area contributed by atoms with Crippen molar-refractivity contribution in [1.29, 1.82) is 0 Å². The van der Waals surface area contributed by atoms with Crippen molar-refractivity contribution in [3.05, 3.63) is 29.8 Å². The second kappa shape index (κ2) is 8.61. The molecule has 21 heavy (non-hydrogen) atoms. The summed E-state index contributed by atoms with van der Waals surface area (Å²) in [6.07, 6.45) is 0. The van der Waals surface area contributed by atoms with Crippen LogP contribution < -0.4 is 15.4 Å². The third-order valence-electron chi connectivity index (χ3n) is 3.16. The van der Waals surface area contributed by atoms with Crippen LogP contribution in [0.4, 0.5) is 0 Å². The van der Waals surface area contributed by atoms with Gasteiger partial charge in [-0.1, -0.05) is 12.1 Å². The molecule has 1 atom stereocenters. The van der Waals surface area contributed by atoms with Crippen LogP contribution in [-0.4, -0.2) is 52.0 Å². The first-order valence-electron chi connectivity index (χ1n) is 7.09. The first-order chi connectivity index (χ1) is 10.3. The van der Waals surface area contributed by atoms with Gasteiger partial charge < -0.3 is 24.8 Å². The molecule has 0 radical (unpaired) electrons. The molecule has 6 heteroatoms. The zero-order valence-corrected chi connectivity index (χ0v) is 12.3. The Morgan fingerprint density at radius 3 is 3.14 bits per heavy atom. The third kappa shape index (κ3) is 5.34. The van der Waals surface area contributed by atoms with Crippen molar-refractivity contribution in [2.45, 2.75) is 12.6 Å². The number of nitrogens with one attached hydrogen (secondary N) is 2. The Bertz CT molecular complexity index is 447. The third-order valence-corrected chi connectivity index (χ3v) is 3.16. The molecule has 0 aliphatic carbocycles. The van der Waals surface area contributed by atoms with E-state index < -0.39 is 0 Å². The molecule has 0 aromatic heterocycles. The number of hydrogen-bond donors (Lipinski definition) is 2. The van der Waals surface area contributed by atoms with Gasteiger partial charge in [-0.05, 0) is 17.7 Å². The van der Waals surface area contributed by atoms with Crippen LogP contribution in [-0.2, 0) is 20.8 Å². The maximum Gasteiger partial charge on any atom is 0.239 e. The molecule has 1 aliphatic rings. The van der Waals surface area contributed by atoms with Crippen LogP contribution in [0.25, 0.3) is 0 Å². The lowest BCUT2D eigenvalue weighted by atomic mass is 10.2. The smallest absolute Gasteiger partial charge is 0.239 e. The zero-order chi connectivity index (χ0) is 14.9. The Labute approximate surface area is 124 Å². The summed E-state index contributed by atoms with van der Waals surface area (Å²) in [6.45, 7) is 3.32. The van der Waals surface area contributed by atoms with Crippen molar-refractivity contribution in [3.63, 3.8) is 0 Å². The molecule has 1 aromatic rings. The number of hydrogen-bond acceptors (Lipinski definition) is 5. The van der Waals surface area contributed by atoms with Gasteiger partial charge in [0.2, 0.25) is 5.91 Å². The molecule has 0 saturated carbocycles. The summed E-state index contributed by atoms with van der Waals surface area (Å²) in [5.41, 5.74) is 0.995. The molecule has 1 amide bonds. The minimum Gasteiger partial charge on any atom is -0.491 e. The van der Waals surface area contributed by atoms with E-state index >= 15 is 0 Å². The number of carbonyl (C=O) groups excluding carboxylic acids is 1. The lowest BCUT2D eigenvalue weighted by Gasteiger charge is -2.22. The van der Waals surface area contributed by atoms with E-state index in [0.717, 1.165) is 11.3 Å². The van der Waals surface area contributed by atoms with E-state index in [4.69, 9.17) is 14.2 Å². The van der Waals surface area contributed by atoms with Crippen LogP contribution in [0.3, 0.4) is 0 Å². The zero-order valence-electron chi connectivity index (χ0n) is 12.3. The van der Waals surface area contributed by atoms with Crippen molar-refractivity contribution < 1.29 is 19.0 Å². The van der Waals surface area contributed by atoms with E-state index in [1.54, 1.807) is 7.11 Å². The Morgan fingerprint density at radius 2 is 2.38 bits per heavy atom. The SMILES string of the molecule is COCCOc1cccc(CNC(=O)C2COCCN2)c1. The lowest BCUT2D eigenvalue weighted by molar-refractivity contribution is -0.126. The van der Waals surface area contributed by atoms with Gasteiger partial charge >= 0.3 is 0 Å². The number of carbonyl (C=O) groups is 1. The fourth-order valence-electron chi connectivity index (χ4n) is 2.03.